The van der Waals surface area contributed by atoms with Crippen LogP contribution in [0.4, 0.5) is 0 Å². The lowest BCUT2D eigenvalue weighted by atomic mass is 10.1. The van der Waals surface area contributed by atoms with Gasteiger partial charge in [-0.3, -0.25) is 9.69 Å². The van der Waals surface area contributed by atoms with Crippen LogP contribution in [0.1, 0.15) is 17.7 Å². The van der Waals surface area contributed by atoms with E-state index >= 15 is 0 Å². The van der Waals surface area contributed by atoms with Gasteiger partial charge < -0.3 is 4.74 Å². The minimum Gasteiger partial charge on any atom is -0.468 e. The molecular weight excluding hydrogens is 302 g/mol. The highest BCUT2D eigenvalue weighted by Crippen LogP contribution is 2.36. The molecule has 94 valence electrons. The van der Waals surface area contributed by atoms with Crippen LogP contribution in [0.15, 0.2) is 15.9 Å². The van der Waals surface area contributed by atoms with Gasteiger partial charge in [0, 0.05) is 21.3 Å². The van der Waals surface area contributed by atoms with Gasteiger partial charge in [0.1, 0.15) is 6.04 Å². The minimum atomic E-state index is -0.106. The maximum Gasteiger partial charge on any atom is 0.323 e. The maximum atomic E-state index is 11.8. The number of halogens is 1. The molecule has 1 atom stereocenters. The van der Waals surface area contributed by atoms with Crippen LogP contribution in [0.2, 0.25) is 0 Å². The first kappa shape index (κ1) is 13.1. The first-order chi connectivity index (χ1) is 8.11. The van der Waals surface area contributed by atoms with Crippen molar-refractivity contribution >= 4 is 33.2 Å². The molecule has 17 heavy (non-hydrogen) atoms. The topological polar surface area (TPSA) is 29.5 Å². The van der Waals surface area contributed by atoms with Crippen molar-refractivity contribution in [3.8, 4) is 0 Å². The number of ether oxygens (including phenoxy) is 1. The lowest BCUT2D eigenvalue weighted by Crippen LogP contribution is -2.40. The summed E-state index contributed by atoms with van der Waals surface area (Å²) >= 11 is 5.15. The average molecular weight is 318 g/mol. The number of likely N-dealkylation sites (N-methyl/N-ethyl adjacent to an activating group) is 1. The van der Waals surface area contributed by atoms with Crippen LogP contribution in [0.25, 0.3) is 0 Å². The molecule has 1 saturated carbocycles. The van der Waals surface area contributed by atoms with Crippen molar-refractivity contribution in [2.45, 2.75) is 25.4 Å². The molecule has 0 N–H and O–H groups in total. The molecular formula is C12H16BrNO2S. The molecule has 0 spiro atoms. The van der Waals surface area contributed by atoms with Crippen LogP contribution in [-0.2, 0) is 16.1 Å². The largest absolute Gasteiger partial charge is 0.468 e. The summed E-state index contributed by atoms with van der Waals surface area (Å²) in [7, 11) is 3.46. The van der Waals surface area contributed by atoms with Crippen molar-refractivity contribution in [2.75, 3.05) is 14.2 Å². The van der Waals surface area contributed by atoms with Crippen molar-refractivity contribution in [1.29, 1.82) is 0 Å². The Kier molecular flexibility index (Phi) is 4.22. The molecule has 3 nitrogen and oxygen atoms in total. The van der Waals surface area contributed by atoms with E-state index in [0.717, 1.165) is 23.9 Å². The number of esters is 1. The predicted molar refractivity (Wildman–Crippen MR) is 72.0 cm³/mol. The highest BCUT2D eigenvalue weighted by Gasteiger charge is 2.39. The normalized spacial score (nSPS) is 17.2. The summed E-state index contributed by atoms with van der Waals surface area (Å²) in [4.78, 5) is 15.1. The Balaban J connectivity index is 2.01. The van der Waals surface area contributed by atoms with Crippen molar-refractivity contribution in [2.24, 2.45) is 5.92 Å². The van der Waals surface area contributed by atoms with Crippen LogP contribution >= 0.6 is 27.3 Å². The number of hydrogen-bond acceptors (Lipinski definition) is 4. The predicted octanol–water partition coefficient (Wildman–Crippen LogP) is 2.89. The molecule has 1 aliphatic carbocycles. The van der Waals surface area contributed by atoms with Crippen LogP contribution in [0.3, 0.4) is 0 Å². The number of carbonyl (C=O) groups excluding carboxylic acids is 1. The SMILES string of the molecule is COC(=O)C(C1CC1)N(C)Cc1cc(Br)cs1. The Hall–Kier alpha value is -0.390. The Labute approximate surface area is 114 Å². The number of methoxy groups -OCH3 is 1. The van der Waals surface area contributed by atoms with E-state index in [1.54, 1.807) is 11.3 Å². The highest BCUT2D eigenvalue weighted by atomic mass is 79.9. The summed E-state index contributed by atoms with van der Waals surface area (Å²) in [6.45, 7) is 0.798. The zero-order valence-electron chi connectivity index (χ0n) is 9.98. The van der Waals surface area contributed by atoms with Gasteiger partial charge >= 0.3 is 5.97 Å². The molecule has 1 aromatic heterocycles. The van der Waals surface area contributed by atoms with Crippen molar-refractivity contribution in [1.82, 2.24) is 4.90 Å². The Morgan fingerprint density at radius 3 is 2.88 bits per heavy atom. The van der Waals surface area contributed by atoms with E-state index in [2.05, 4.69) is 32.3 Å². The summed E-state index contributed by atoms with van der Waals surface area (Å²) in [5, 5.41) is 2.06. The van der Waals surface area contributed by atoms with Gasteiger partial charge in [-0.15, -0.1) is 11.3 Å². The number of thiophene rings is 1. The molecule has 0 aromatic carbocycles. The molecule has 5 heteroatoms. The third-order valence-corrected chi connectivity index (χ3v) is 4.70. The minimum absolute atomic E-state index is 0.0825. The van der Waals surface area contributed by atoms with Crippen LogP contribution in [0, 0.1) is 5.92 Å². The third kappa shape index (κ3) is 3.30. The van der Waals surface area contributed by atoms with Gasteiger partial charge in [0.2, 0.25) is 0 Å². The van der Waals surface area contributed by atoms with Crippen molar-refractivity contribution in [3.63, 3.8) is 0 Å². The molecule has 1 aliphatic rings. The zero-order chi connectivity index (χ0) is 12.4. The fourth-order valence-corrected chi connectivity index (χ4v) is 3.56. The molecule has 0 aliphatic heterocycles. The molecule has 1 aromatic rings. The summed E-state index contributed by atoms with van der Waals surface area (Å²) in [5.41, 5.74) is 0. The summed E-state index contributed by atoms with van der Waals surface area (Å²) in [6.07, 6.45) is 2.27. The van der Waals surface area contributed by atoms with Gasteiger partial charge in [-0.1, -0.05) is 0 Å². The fourth-order valence-electron chi connectivity index (χ4n) is 2.05. The second-order valence-electron chi connectivity index (χ2n) is 4.45. The van der Waals surface area contributed by atoms with Crippen LogP contribution in [-0.4, -0.2) is 31.1 Å². The van der Waals surface area contributed by atoms with E-state index in [1.807, 2.05) is 7.05 Å². The van der Waals surface area contributed by atoms with Crippen LogP contribution in [0.5, 0.6) is 0 Å². The lowest BCUT2D eigenvalue weighted by Gasteiger charge is -2.25. The highest BCUT2D eigenvalue weighted by molar-refractivity contribution is 9.10. The van der Waals surface area contributed by atoms with Crippen LogP contribution < -0.4 is 0 Å². The summed E-state index contributed by atoms with van der Waals surface area (Å²) in [5.74, 6) is 0.376. The van der Waals surface area contributed by atoms with E-state index < -0.39 is 0 Å². The maximum absolute atomic E-state index is 11.8. The quantitative estimate of drug-likeness (QED) is 0.782. The molecule has 0 saturated heterocycles. The first-order valence-corrected chi connectivity index (χ1v) is 7.30. The van der Waals surface area contributed by atoms with Gasteiger partial charge in [-0.05, 0) is 47.8 Å². The lowest BCUT2D eigenvalue weighted by molar-refractivity contribution is -0.147. The van der Waals surface area contributed by atoms with Gasteiger partial charge in [0.05, 0.1) is 7.11 Å². The monoisotopic (exact) mass is 317 g/mol. The second-order valence-corrected chi connectivity index (χ2v) is 6.36. The zero-order valence-corrected chi connectivity index (χ0v) is 12.4. The second kappa shape index (κ2) is 5.50. The number of rotatable bonds is 5. The number of carbonyl (C=O) groups is 1. The van der Waals surface area contributed by atoms with E-state index in [-0.39, 0.29) is 12.0 Å². The van der Waals surface area contributed by atoms with E-state index in [4.69, 9.17) is 4.74 Å². The Bertz CT molecular complexity index is 403. The standard InChI is InChI=1S/C12H16BrNO2S/c1-14(6-10-5-9(13)7-17-10)11(8-3-4-8)12(15)16-2/h5,7-8,11H,3-4,6H2,1-2H3. The summed E-state index contributed by atoms with van der Waals surface area (Å²) < 4.78 is 5.99. The Morgan fingerprint density at radius 1 is 1.71 bits per heavy atom. The summed E-state index contributed by atoms with van der Waals surface area (Å²) in [6, 6.07) is 2.02. The first-order valence-electron chi connectivity index (χ1n) is 5.63. The Morgan fingerprint density at radius 2 is 2.41 bits per heavy atom. The number of hydrogen-bond donors (Lipinski definition) is 0. The third-order valence-electron chi connectivity index (χ3n) is 3.01. The van der Waals surface area contributed by atoms with Crippen molar-refractivity contribution in [3.05, 3.63) is 20.8 Å². The van der Waals surface area contributed by atoms with E-state index in [0.29, 0.717) is 5.92 Å². The molecule has 1 fully saturated rings. The molecule has 0 bridgehead atoms. The number of nitrogens with zero attached hydrogens (tertiary/aromatic N) is 1. The van der Waals surface area contributed by atoms with Gasteiger partial charge in [-0.25, -0.2) is 0 Å². The fraction of sp³-hybridized carbons (Fsp3) is 0.583. The van der Waals surface area contributed by atoms with Gasteiger partial charge in [0.25, 0.3) is 0 Å². The molecule has 0 radical (unpaired) electrons. The van der Waals surface area contributed by atoms with Gasteiger partial charge in [0.15, 0.2) is 0 Å². The molecule has 1 unspecified atom stereocenters. The molecule has 0 amide bonds. The van der Waals surface area contributed by atoms with Gasteiger partial charge in [-0.2, -0.15) is 0 Å². The average Bonchev–Trinajstić information content (AvgIpc) is 3.03. The van der Waals surface area contributed by atoms with Crippen molar-refractivity contribution < 1.29 is 9.53 Å². The smallest absolute Gasteiger partial charge is 0.323 e. The van der Waals surface area contributed by atoms with E-state index in [1.165, 1.54) is 12.0 Å². The van der Waals surface area contributed by atoms with E-state index in [9.17, 15) is 4.79 Å². The molecule has 2 rings (SSSR count). The molecule has 1 heterocycles.